The smallest absolute Gasteiger partial charge is 0.0540 e. The molecule has 0 saturated heterocycles. The molecule has 0 aliphatic carbocycles. The van der Waals surface area contributed by atoms with Gasteiger partial charge in [0.25, 0.3) is 0 Å². The summed E-state index contributed by atoms with van der Waals surface area (Å²) in [7, 11) is 0. The SMILES string of the molecule is c1ccc(-c2ccc(N(c3ccc(-c4ccc(-c5cccc6c5sc5c(-c7ccccc7)cccc56)cc4)cc3)c3cccc4ccccc34)cc2)cc1.c1ccc(-c2cccc3c2sc2c(-c4ccc(-c5ccc(N(c6ccc(-c7cccc8ccccc78)cc6)c6ccc(-c7cccc8ccccc78)cc6)cc5)cc4)cccc23)cc1. The highest BCUT2D eigenvalue weighted by Crippen LogP contribution is 2.49. The van der Waals surface area contributed by atoms with Crippen LogP contribution in [-0.4, -0.2) is 0 Å². The highest BCUT2D eigenvalue weighted by molar-refractivity contribution is 7.27. The number of hydrogen-bond donors (Lipinski definition) is 0. The second-order valence-electron chi connectivity index (χ2n) is 30.1. The van der Waals surface area contributed by atoms with Crippen molar-refractivity contribution in [2.45, 2.75) is 0 Å². The molecule has 22 aromatic rings. The van der Waals surface area contributed by atoms with E-state index in [1.807, 2.05) is 22.7 Å². The first-order valence-corrected chi connectivity index (χ1v) is 42.0. The van der Waals surface area contributed by atoms with Gasteiger partial charge in [0.05, 0.1) is 5.69 Å². The van der Waals surface area contributed by atoms with Crippen molar-refractivity contribution in [1.29, 1.82) is 0 Å². The molecular formula is C114H76N2S2. The van der Waals surface area contributed by atoms with Crippen LogP contribution in [0.3, 0.4) is 0 Å². The molecule has 2 nitrogen and oxygen atoms in total. The Kier molecular flexibility index (Phi) is 18.8. The van der Waals surface area contributed by atoms with Crippen molar-refractivity contribution in [3.8, 4) is 100 Å². The molecule has 2 heterocycles. The zero-order valence-electron chi connectivity index (χ0n) is 64.6. The lowest BCUT2D eigenvalue weighted by molar-refractivity contribution is 1.28. The third-order valence-corrected chi connectivity index (χ3v) is 25.8. The predicted molar refractivity (Wildman–Crippen MR) is 509 cm³/mol. The minimum atomic E-state index is 1.10. The Morgan fingerprint density at radius 1 is 0.127 bits per heavy atom. The fourth-order valence-electron chi connectivity index (χ4n) is 17.3. The zero-order chi connectivity index (χ0) is 78.2. The molecular weight excluding hydrogens is 1460 g/mol. The van der Waals surface area contributed by atoms with Crippen LogP contribution in [0, 0.1) is 0 Å². The first kappa shape index (κ1) is 71.0. The van der Waals surface area contributed by atoms with Crippen LogP contribution < -0.4 is 9.80 Å². The lowest BCUT2D eigenvalue weighted by Gasteiger charge is -2.27. The van der Waals surface area contributed by atoms with E-state index in [0.29, 0.717) is 0 Å². The number of anilines is 6. The summed E-state index contributed by atoms with van der Waals surface area (Å²) >= 11 is 3.80. The first-order valence-electron chi connectivity index (χ1n) is 40.3. The fraction of sp³-hybridized carbons (Fsp3) is 0. The second kappa shape index (κ2) is 31.2. The van der Waals surface area contributed by atoms with Gasteiger partial charge in [-0.1, -0.05) is 394 Å². The molecule has 0 spiro atoms. The highest BCUT2D eigenvalue weighted by atomic mass is 32.1. The third-order valence-electron chi connectivity index (χ3n) is 23.2. The van der Waals surface area contributed by atoms with E-state index in [-0.39, 0.29) is 0 Å². The molecule has 118 heavy (non-hydrogen) atoms. The van der Waals surface area contributed by atoms with Crippen molar-refractivity contribution in [3.05, 3.63) is 461 Å². The summed E-state index contributed by atoms with van der Waals surface area (Å²) in [6, 6.07) is 168. The van der Waals surface area contributed by atoms with Crippen LogP contribution >= 0.6 is 22.7 Å². The van der Waals surface area contributed by atoms with Gasteiger partial charge in [-0.15, -0.1) is 22.7 Å². The quantitative estimate of drug-likeness (QED) is 0.101. The molecule has 22 rings (SSSR count). The highest BCUT2D eigenvalue weighted by Gasteiger charge is 2.21. The molecule has 0 radical (unpaired) electrons. The van der Waals surface area contributed by atoms with Crippen molar-refractivity contribution in [2.75, 3.05) is 9.80 Å². The van der Waals surface area contributed by atoms with Gasteiger partial charge >= 0.3 is 0 Å². The number of rotatable bonds is 15. The van der Waals surface area contributed by atoms with Gasteiger partial charge in [0.1, 0.15) is 0 Å². The maximum absolute atomic E-state index is 2.37. The lowest BCUT2D eigenvalue weighted by atomic mass is 9.97. The van der Waals surface area contributed by atoms with Crippen LogP contribution in [0.1, 0.15) is 0 Å². The van der Waals surface area contributed by atoms with Crippen molar-refractivity contribution in [2.24, 2.45) is 0 Å². The van der Waals surface area contributed by atoms with Crippen LogP contribution in [0.5, 0.6) is 0 Å². The fourth-order valence-corrected chi connectivity index (χ4v) is 20.1. The number of fused-ring (bicyclic) bond motifs is 9. The summed E-state index contributed by atoms with van der Waals surface area (Å²) in [6.07, 6.45) is 0. The first-order chi connectivity index (χ1) is 58.5. The molecule has 0 atom stereocenters. The van der Waals surface area contributed by atoms with Gasteiger partial charge in [0, 0.05) is 74.2 Å². The van der Waals surface area contributed by atoms with Gasteiger partial charge in [-0.3, -0.25) is 0 Å². The minimum absolute atomic E-state index is 1.10. The van der Waals surface area contributed by atoms with Crippen molar-refractivity contribution >= 4 is 129 Å². The average molecular weight is 1540 g/mol. The van der Waals surface area contributed by atoms with E-state index in [2.05, 4.69) is 471 Å². The van der Waals surface area contributed by atoms with E-state index in [0.717, 1.165) is 34.1 Å². The largest absolute Gasteiger partial charge is 0.311 e. The molecule has 0 N–H and O–H groups in total. The molecule has 0 unspecified atom stereocenters. The maximum Gasteiger partial charge on any atom is 0.0540 e. The molecule has 0 aliphatic heterocycles. The number of thiophene rings is 2. The number of benzene rings is 20. The molecule has 0 amide bonds. The van der Waals surface area contributed by atoms with Crippen molar-refractivity contribution in [3.63, 3.8) is 0 Å². The van der Waals surface area contributed by atoms with Gasteiger partial charge in [-0.25, -0.2) is 0 Å². The Bertz CT molecular complexity index is 7270. The average Bonchev–Trinajstić information content (AvgIpc) is 1.54. The number of hydrogen-bond acceptors (Lipinski definition) is 4. The summed E-state index contributed by atoms with van der Waals surface area (Å²) in [5, 5.41) is 12.7. The van der Waals surface area contributed by atoms with E-state index >= 15 is 0 Å². The van der Waals surface area contributed by atoms with E-state index < -0.39 is 0 Å². The summed E-state index contributed by atoms with van der Waals surface area (Å²) in [4.78, 5) is 4.74. The molecule has 0 fully saturated rings. The Hall–Kier alpha value is -14.8. The maximum atomic E-state index is 2.37. The third kappa shape index (κ3) is 13.5. The Morgan fingerprint density at radius 2 is 0.331 bits per heavy atom. The Morgan fingerprint density at radius 3 is 0.678 bits per heavy atom. The molecule has 0 bridgehead atoms. The summed E-state index contributed by atoms with van der Waals surface area (Å²) < 4.78 is 5.34. The van der Waals surface area contributed by atoms with E-state index in [9.17, 15) is 0 Å². The number of nitrogens with zero attached hydrogens (tertiary/aromatic N) is 2. The molecule has 0 aliphatic rings. The molecule has 2 aromatic heterocycles. The standard InChI is InChI=1S/C62H41NS.C52H35NS/c1-2-12-46(13-3-1)57-22-10-24-59-60-25-11-23-58(62(60)64-61(57)59)49-28-26-42(27-29-49)43-30-36-50(37-31-43)63(51-38-32-47(33-39-51)55-20-8-16-44-14-4-6-18-53(44)55)52-40-34-48(35-41-52)56-21-9-17-45-15-5-7-19-54(45)56;1-3-12-36(13-4-1)38-28-32-43(33-29-38)53(50-23-9-17-40-16-7-8-18-45(40)50)44-34-30-39(31-35-44)37-24-26-42(27-25-37)47-20-11-22-49-48-21-10-19-46(51(48)54-52(47)49)41-14-5-2-6-15-41/h1-41H;1-35H. The lowest BCUT2D eigenvalue weighted by Crippen LogP contribution is -2.10. The normalized spacial score (nSPS) is 11.4. The van der Waals surface area contributed by atoms with Crippen LogP contribution in [0.2, 0.25) is 0 Å². The molecule has 20 aromatic carbocycles. The molecule has 554 valence electrons. The monoisotopic (exact) mass is 1540 g/mol. The van der Waals surface area contributed by atoms with E-state index in [1.165, 1.54) is 173 Å². The van der Waals surface area contributed by atoms with Gasteiger partial charge in [-0.2, -0.15) is 0 Å². The molecule has 0 saturated carbocycles. The summed E-state index contributed by atoms with van der Waals surface area (Å²) in [5.74, 6) is 0. The van der Waals surface area contributed by atoms with Crippen LogP contribution in [0.25, 0.3) is 173 Å². The van der Waals surface area contributed by atoms with Gasteiger partial charge < -0.3 is 9.80 Å². The minimum Gasteiger partial charge on any atom is -0.311 e. The van der Waals surface area contributed by atoms with Gasteiger partial charge in [0.15, 0.2) is 0 Å². The van der Waals surface area contributed by atoms with Gasteiger partial charge in [0.2, 0.25) is 0 Å². The van der Waals surface area contributed by atoms with Crippen molar-refractivity contribution in [1.82, 2.24) is 0 Å². The second-order valence-corrected chi connectivity index (χ2v) is 32.2. The summed E-state index contributed by atoms with van der Waals surface area (Å²) in [6.45, 7) is 0. The summed E-state index contributed by atoms with van der Waals surface area (Å²) in [5.41, 5.74) is 28.9. The van der Waals surface area contributed by atoms with Crippen LogP contribution in [-0.2, 0) is 0 Å². The Labute approximate surface area is 695 Å². The van der Waals surface area contributed by atoms with Gasteiger partial charge in [-0.05, 0) is 194 Å². The van der Waals surface area contributed by atoms with E-state index in [1.54, 1.807) is 0 Å². The van der Waals surface area contributed by atoms with E-state index in [4.69, 9.17) is 0 Å². The Balaban J connectivity index is 0.000000149. The predicted octanol–water partition coefficient (Wildman–Crippen LogP) is 33.5. The van der Waals surface area contributed by atoms with Crippen LogP contribution in [0.15, 0.2) is 461 Å². The molecule has 4 heteroatoms. The van der Waals surface area contributed by atoms with Crippen molar-refractivity contribution < 1.29 is 0 Å². The zero-order valence-corrected chi connectivity index (χ0v) is 66.2. The van der Waals surface area contributed by atoms with Crippen LogP contribution in [0.4, 0.5) is 34.1 Å². The topological polar surface area (TPSA) is 6.48 Å².